The van der Waals surface area contributed by atoms with E-state index in [2.05, 4.69) is 0 Å². The molecule has 86 valence electrons. The lowest BCUT2D eigenvalue weighted by molar-refractivity contribution is -0.119. The molecule has 0 N–H and O–H groups in total. The van der Waals surface area contributed by atoms with Crippen molar-refractivity contribution in [3.05, 3.63) is 30.3 Å². The van der Waals surface area contributed by atoms with Crippen molar-refractivity contribution >= 4 is 18.2 Å². The Labute approximate surface area is 96.4 Å². The van der Waals surface area contributed by atoms with Crippen LogP contribution in [-0.2, 0) is 9.36 Å². The smallest absolute Gasteiger partial charge is 0.134 e. The monoisotopic (exact) mass is 236 g/mol. The SMILES string of the molecule is CC1(C)CC(=O)CCP1(=O)c1ccccc1. The van der Waals surface area contributed by atoms with Crippen LogP contribution in [0.2, 0.25) is 0 Å². The first-order valence-corrected chi connectivity index (χ1v) is 7.51. The summed E-state index contributed by atoms with van der Waals surface area (Å²) in [6.07, 6.45) is 1.44. The summed E-state index contributed by atoms with van der Waals surface area (Å²) in [5, 5.41) is 0.538. The van der Waals surface area contributed by atoms with Gasteiger partial charge in [-0.25, -0.2) is 0 Å². The van der Waals surface area contributed by atoms with Gasteiger partial charge in [0.2, 0.25) is 0 Å². The number of carbonyl (C=O) groups is 1. The highest BCUT2D eigenvalue weighted by molar-refractivity contribution is 7.73. The average Bonchev–Trinajstić information content (AvgIpc) is 2.25. The van der Waals surface area contributed by atoms with E-state index in [1.165, 1.54) is 0 Å². The molecule has 1 aromatic rings. The molecule has 0 saturated carbocycles. The Balaban J connectivity index is 2.46. The minimum atomic E-state index is -2.43. The van der Waals surface area contributed by atoms with Gasteiger partial charge in [0, 0.05) is 29.5 Å². The molecule has 1 unspecified atom stereocenters. The van der Waals surface area contributed by atoms with Crippen LogP contribution in [0.15, 0.2) is 30.3 Å². The van der Waals surface area contributed by atoms with Gasteiger partial charge in [-0.05, 0) is 0 Å². The lowest BCUT2D eigenvalue weighted by atomic mass is 10.0. The lowest BCUT2D eigenvalue weighted by Crippen LogP contribution is -2.35. The summed E-state index contributed by atoms with van der Waals surface area (Å²) >= 11 is 0. The third-order valence-corrected chi connectivity index (χ3v) is 7.59. The summed E-state index contributed by atoms with van der Waals surface area (Å²) in [6.45, 7) is 3.91. The van der Waals surface area contributed by atoms with Crippen molar-refractivity contribution in [1.29, 1.82) is 0 Å². The van der Waals surface area contributed by atoms with Crippen LogP contribution in [0.4, 0.5) is 0 Å². The van der Waals surface area contributed by atoms with Gasteiger partial charge < -0.3 is 4.57 Å². The summed E-state index contributed by atoms with van der Waals surface area (Å²) in [5.41, 5.74) is 0. The highest BCUT2D eigenvalue weighted by atomic mass is 31.2. The Hall–Kier alpha value is -0.880. The predicted molar refractivity (Wildman–Crippen MR) is 66.9 cm³/mol. The Bertz CT molecular complexity index is 448. The summed E-state index contributed by atoms with van der Waals surface area (Å²) < 4.78 is 13.1. The summed E-state index contributed by atoms with van der Waals surface area (Å²) in [5.74, 6) is 0.243. The molecule has 1 atom stereocenters. The van der Waals surface area contributed by atoms with Crippen LogP contribution in [0, 0.1) is 0 Å². The zero-order valence-electron chi connectivity index (χ0n) is 9.77. The second-order valence-corrected chi connectivity index (χ2v) is 8.73. The molecule has 0 radical (unpaired) electrons. The first-order valence-electron chi connectivity index (χ1n) is 5.62. The third kappa shape index (κ3) is 1.76. The summed E-state index contributed by atoms with van der Waals surface area (Å²) in [4.78, 5) is 11.5. The molecule has 2 nitrogen and oxygen atoms in total. The number of hydrogen-bond acceptors (Lipinski definition) is 2. The quantitative estimate of drug-likeness (QED) is 0.702. The second-order valence-electron chi connectivity index (χ2n) is 5.08. The molecule has 2 rings (SSSR count). The Morgan fingerprint density at radius 2 is 1.81 bits per heavy atom. The van der Waals surface area contributed by atoms with Gasteiger partial charge in [-0.15, -0.1) is 0 Å². The molecule has 0 amide bonds. The maximum Gasteiger partial charge on any atom is 0.134 e. The maximum atomic E-state index is 13.1. The van der Waals surface area contributed by atoms with Crippen LogP contribution in [-0.4, -0.2) is 17.1 Å². The van der Waals surface area contributed by atoms with E-state index in [0.29, 0.717) is 19.0 Å². The van der Waals surface area contributed by atoms with Gasteiger partial charge in [-0.3, -0.25) is 4.79 Å². The van der Waals surface area contributed by atoms with Crippen molar-refractivity contribution in [1.82, 2.24) is 0 Å². The first-order chi connectivity index (χ1) is 7.46. The first kappa shape index (κ1) is 11.6. The fraction of sp³-hybridized carbons (Fsp3) is 0.462. The molecule has 1 fully saturated rings. The van der Waals surface area contributed by atoms with Crippen molar-refractivity contribution in [2.75, 3.05) is 6.16 Å². The molecule has 1 saturated heterocycles. The molecular formula is C13H17O2P. The van der Waals surface area contributed by atoms with E-state index in [1.54, 1.807) is 0 Å². The predicted octanol–water partition coefficient (Wildman–Crippen LogP) is 2.82. The largest absolute Gasteiger partial charge is 0.318 e. The molecule has 0 aromatic heterocycles. The van der Waals surface area contributed by atoms with Gasteiger partial charge in [-0.1, -0.05) is 44.2 Å². The van der Waals surface area contributed by atoms with Crippen molar-refractivity contribution in [3.63, 3.8) is 0 Å². The molecule has 1 aliphatic rings. The summed E-state index contributed by atoms with van der Waals surface area (Å²) in [7, 11) is -2.43. The number of Topliss-reactive ketones (excluding diaryl/α,β-unsaturated/α-hetero) is 1. The van der Waals surface area contributed by atoms with Gasteiger partial charge in [0.1, 0.15) is 12.9 Å². The molecule has 1 aromatic carbocycles. The molecular weight excluding hydrogens is 219 g/mol. The van der Waals surface area contributed by atoms with Crippen molar-refractivity contribution in [2.24, 2.45) is 0 Å². The van der Waals surface area contributed by atoms with E-state index >= 15 is 0 Å². The summed E-state index contributed by atoms with van der Waals surface area (Å²) in [6, 6.07) is 9.62. The van der Waals surface area contributed by atoms with Crippen LogP contribution < -0.4 is 5.30 Å². The fourth-order valence-corrected chi connectivity index (χ4v) is 5.64. The third-order valence-electron chi connectivity index (χ3n) is 3.49. The van der Waals surface area contributed by atoms with Crippen LogP contribution in [0.3, 0.4) is 0 Å². The Kier molecular flexibility index (Phi) is 2.79. The van der Waals surface area contributed by atoms with Gasteiger partial charge in [0.05, 0.1) is 0 Å². The van der Waals surface area contributed by atoms with Crippen molar-refractivity contribution < 1.29 is 9.36 Å². The number of rotatable bonds is 1. The van der Waals surface area contributed by atoms with Crippen molar-refractivity contribution in [2.45, 2.75) is 31.8 Å². The minimum absolute atomic E-state index is 0.243. The van der Waals surface area contributed by atoms with E-state index in [4.69, 9.17) is 0 Å². The lowest BCUT2D eigenvalue weighted by Gasteiger charge is -2.38. The number of hydrogen-bond donors (Lipinski definition) is 0. The van der Waals surface area contributed by atoms with Gasteiger partial charge in [-0.2, -0.15) is 0 Å². The zero-order chi connectivity index (χ0) is 11.8. The molecule has 3 heteroatoms. The van der Waals surface area contributed by atoms with Gasteiger partial charge in [0.25, 0.3) is 0 Å². The van der Waals surface area contributed by atoms with E-state index in [-0.39, 0.29) is 10.9 Å². The number of ketones is 1. The topological polar surface area (TPSA) is 34.1 Å². The Morgan fingerprint density at radius 3 is 2.38 bits per heavy atom. The Morgan fingerprint density at radius 1 is 1.19 bits per heavy atom. The van der Waals surface area contributed by atoms with Crippen LogP contribution >= 0.6 is 7.14 Å². The van der Waals surface area contributed by atoms with E-state index < -0.39 is 7.14 Å². The van der Waals surface area contributed by atoms with E-state index in [9.17, 15) is 9.36 Å². The van der Waals surface area contributed by atoms with Crippen LogP contribution in [0.5, 0.6) is 0 Å². The van der Waals surface area contributed by atoms with E-state index in [0.717, 1.165) is 5.30 Å². The molecule has 0 bridgehead atoms. The van der Waals surface area contributed by atoms with Crippen molar-refractivity contribution in [3.8, 4) is 0 Å². The molecule has 1 aliphatic heterocycles. The highest BCUT2D eigenvalue weighted by Crippen LogP contribution is 2.61. The van der Waals surface area contributed by atoms with Gasteiger partial charge in [0.15, 0.2) is 0 Å². The minimum Gasteiger partial charge on any atom is -0.318 e. The van der Waals surface area contributed by atoms with Crippen LogP contribution in [0.1, 0.15) is 26.7 Å². The molecule has 0 aliphatic carbocycles. The standard InChI is InChI=1S/C13H17O2P/c1-13(2)10-11(14)8-9-16(13,15)12-6-4-3-5-7-12/h3-7H,8-10H2,1-2H3. The normalized spacial score (nSPS) is 29.0. The average molecular weight is 236 g/mol. The van der Waals surface area contributed by atoms with Crippen LogP contribution in [0.25, 0.3) is 0 Å². The fourth-order valence-electron chi connectivity index (χ4n) is 2.43. The molecule has 16 heavy (non-hydrogen) atoms. The number of benzene rings is 1. The maximum absolute atomic E-state index is 13.1. The second kappa shape index (κ2) is 3.85. The number of carbonyl (C=O) groups excluding carboxylic acids is 1. The highest BCUT2D eigenvalue weighted by Gasteiger charge is 2.45. The molecule has 1 heterocycles. The van der Waals surface area contributed by atoms with E-state index in [1.807, 2.05) is 44.2 Å². The zero-order valence-corrected chi connectivity index (χ0v) is 10.7. The molecule has 0 spiro atoms. The van der Waals surface area contributed by atoms with Gasteiger partial charge >= 0.3 is 0 Å².